The van der Waals surface area contributed by atoms with Crippen LogP contribution in [0.15, 0.2) is 30.3 Å². The molecule has 1 N–H and O–H groups in total. The molecule has 0 aliphatic rings. The van der Waals surface area contributed by atoms with E-state index in [0.717, 1.165) is 5.56 Å². The van der Waals surface area contributed by atoms with Crippen LogP contribution in [0.2, 0.25) is 0 Å². The summed E-state index contributed by atoms with van der Waals surface area (Å²) >= 11 is 1.71. The molecule has 0 aliphatic carbocycles. The Labute approximate surface area is 107 Å². The number of hydrogen-bond acceptors (Lipinski definition) is 2. The van der Waals surface area contributed by atoms with Crippen molar-refractivity contribution in [1.82, 2.24) is 0 Å². The van der Waals surface area contributed by atoms with Crippen molar-refractivity contribution in [2.24, 2.45) is 5.92 Å². The third-order valence-electron chi connectivity index (χ3n) is 2.39. The number of benzene rings is 1. The van der Waals surface area contributed by atoms with E-state index in [2.05, 4.69) is 20.8 Å². The highest BCUT2D eigenvalue weighted by Crippen LogP contribution is 2.26. The van der Waals surface area contributed by atoms with E-state index in [1.54, 1.807) is 11.8 Å². The zero-order chi connectivity index (χ0) is 12.9. The molecule has 3 heteroatoms. The van der Waals surface area contributed by atoms with Gasteiger partial charge in [-0.2, -0.15) is 11.8 Å². The first-order chi connectivity index (χ1) is 7.88. The first kappa shape index (κ1) is 14.1. The Morgan fingerprint density at radius 2 is 1.88 bits per heavy atom. The van der Waals surface area contributed by atoms with Gasteiger partial charge in [0, 0.05) is 10.5 Å². The molecule has 1 aromatic carbocycles. The van der Waals surface area contributed by atoms with E-state index in [-0.39, 0.29) is 10.7 Å². The van der Waals surface area contributed by atoms with Crippen LogP contribution >= 0.6 is 11.8 Å². The predicted molar refractivity (Wildman–Crippen MR) is 73.5 cm³/mol. The monoisotopic (exact) mass is 252 g/mol. The quantitative estimate of drug-likeness (QED) is 0.872. The van der Waals surface area contributed by atoms with Gasteiger partial charge in [0.2, 0.25) is 0 Å². The van der Waals surface area contributed by atoms with Crippen LogP contribution in [0.3, 0.4) is 0 Å². The number of rotatable bonds is 5. The first-order valence-electron chi connectivity index (χ1n) is 5.79. The Bertz CT molecular complexity index is 354. The molecule has 0 unspecified atom stereocenters. The smallest absolute Gasteiger partial charge is 0.307 e. The molecule has 0 radical (unpaired) electrons. The lowest BCUT2D eigenvalue weighted by atomic mass is 10.0. The van der Waals surface area contributed by atoms with Gasteiger partial charge in [-0.3, -0.25) is 4.79 Å². The topological polar surface area (TPSA) is 37.3 Å². The van der Waals surface area contributed by atoms with Gasteiger partial charge < -0.3 is 5.11 Å². The van der Waals surface area contributed by atoms with Crippen LogP contribution < -0.4 is 0 Å². The van der Waals surface area contributed by atoms with Crippen LogP contribution in [-0.4, -0.2) is 21.6 Å². The molecule has 0 saturated carbocycles. The van der Waals surface area contributed by atoms with Crippen molar-refractivity contribution in [1.29, 1.82) is 0 Å². The van der Waals surface area contributed by atoms with Crippen LogP contribution in [0.1, 0.15) is 26.3 Å². The Kier molecular flexibility index (Phi) is 5.06. The normalized spacial score (nSPS) is 13.4. The maximum atomic E-state index is 11.2. The average Bonchev–Trinajstić information content (AvgIpc) is 2.24. The van der Waals surface area contributed by atoms with Crippen LogP contribution in [0.25, 0.3) is 0 Å². The largest absolute Gasteiger partial charge is 0.481 e. The molecule has 0 fully saturated rings. The second kappa shape index (κ2) is 6.10. The maximum absolute atomic E-state index is 11.2. The molecule has 0 saturated heterocycles. The summed E-state index contributed by atoms with van der Waals surface area (Å²) in [5.74, 6) is -0.347. The fourth-order valence-electron chi connectivity index (χ4n) is 1.47. The number of carboxylic acids is 1. The number of thioether (sulfide) groups is 1. The Morgan fingerprint density at radius 3 is 2.35 bits per heavy atom. The molecule has 0 bridgehead atoms. The number of aliphatic carboxylic acids is 1. The molecule has 1 atom stereocenters. The van der Waals surface area contributed by atoms with Crippen molar-refractivity contribution in [3.05, 3.63) is 35.9 Å². The highest BCUT2D eigenvalue weighted by Gasteiger charge is 2.21. The van der Waals surface area contributed by atoms with Crippen molar-refractivity contribution in [3.8, 4) is 0 Å². The standard InChI is InChI=1S/C14H20O2S/c1-14(2,3)17-10-12(13(15)16)9-11-7-5-4-6-8-11/h4-8,12H,9-10H2,1-3H3,(H,15,16)/t12-/m1/s1. The van der Waals surface area contributed by atoms with Gasteiger partial charge in [-0.05, 0) is 12.0 Å². The van der Waals surface area contributed by atoms with Gasteiger partial charge in [0.05, 0.1) is 5.92 Å². The molecule has 94 valence electrons. The zero-order valence-corrected chi connectivity index (χ0v) is 11.5. The van der Waals surface area contributed by atoms with Crippen molar-refractivity contribution in [2.75, 3.05) is 5.75 Å². The minimum Gasteiger partial charge on any atom is -0.481 e. The van der Waals surface area contributed by atoms with E-state index < -0.39 is 5.97 Å². The molecule has 0 aliphatic heterocycles. The zero-order valence-electron chi connectivity index (χ0n) is 10.6. The van der Waals surface area contributed by atoms with E-state index in [4.69, 9.17) is 0 Å². The Morgan fingerprint density at radius 1 is 1.29 bits per heavy atom. The summed E-state index contributed by atoms with van der Waals surface area (Å²) in [4.78, 5) is 11.2. The lowest BCUT2D eigenvalue weighted by Crippen LogP contribution is -2.22. The minimum absolute atomic E-state index is 0.115. The minimum atomic E-state index is -0.703. The van der Waals surface area contributed by atoms with Gasteiger partial charge in [0.15, 0.2) is 0 Å². The van der Waals surface area contributed by atoms with Crippen LogP contribution in [0.4, 0.5) is 0 Å². The average molecular weight is 252 g/mol. The SMILES string of the molecule is CC(C)(C)SC[C@@H](Cc1ccccc1)C(=O)O. The summed E-state index contributed by atoms with van der Waals surface area (Å²) < 4.78 is 0.115. The molecule has 1 rings (SSSR count). The van der Waals surface area contributed by atoms with Crippen molar-refractivity contribution < 1.29 is 9.90 Å². The van der Waals surface area contributed by atoms with E-state index >= 15 is 0 Å². The van der Waals surface area contributed by atoms with Gasteiger partial charge >= 0.3 is 5.97 Å². The fraction of sp³-hybridized carbons (Fsp3) is 0.500. The fourth-order valence-corrected chi connectivity index (χ4v) is 2.43. The maximum Gasteiger partial charge on any atom is 0.307 e. The molecule has 0 amide bonds. The molecule has 1 aromatic rings. The summed E-state index contributed by atoms with van der Waals surface area (Å²) in [6, 6.07) is 9.81. The highest BCUT2D eigenvalue weighted by atomic mass is 32.2. The van der Waals surface area contributed by atoms with Crippen LogP contribution in [0, 0.1) is 5.92 Å². The van der Waals surface area contributed by atoms with E-state index in [0.29, 0.717) is 12.2 Å². The molecule has 17 heavy (non-hydrogen) atoms. The van der Waals surface area contributed by atoms with E-state index in [1.807, 2.05) is 30.3 Å². The Balaban J connectivity index is 2.59. The van der Waals surface area contributed by atoms with Crippen molar-refractivity contribution >= 4 is 17.7 Å². The molecule has 0 aromatic heterocycles. The molecular formula is C14H20O2S. The molecule has 0 spiro atoms. The molecule has 2 nitrogen and oxygen atoms in total. The van der Waals surface area contributed by atoms with Crippen LogP contribution in [0.5, 0.6) is 0 Å². The van der Waals surface area contributed by atoms with Crippen LogP contribution in [-0.2, 0) is 11.2 Å². The van der Waals surface area contributed by atoms with E-state index in [1.165, 1.54) is 0 Å². The summed E-state index contributed by atoms with van der Waals surface area (Å²) in [7, 11) is 0. The van der Waals surface area contributed by atoms with Gasteiger partial charge in [-0.1, -0.05) is 51.1 Å². The summed E-state index contributed by atoms with van der Waals surface area (Å²) in [5.41, 5.74) is 1.09. The predicted octanol–water partition coefficient (Wildman–Crippen LogP) is 3.46. The second-order valence-corrected chi connectivity index (χ2v) is 7.00. The lowest BCUT2D eigenvalue weighted by Gasteiger charge is -2.20. The highest BCUT2D eigenvalue weighted by molar-refractivity contribution is 8.00. The van der Waals surface area contributed by atoms with E-state index in [9.17, 15) is 9.90 Å². The van der Waals surface area contributed by atoms with Crippen molar-refractivity contribution in [3.63, 3.8) is 0 Å². The van der Waals surface area contributed by atoms with Gasteiger partial charge in [-0.25, -0.2) is 0 Å². The van der Waals surface area contributed by atoms with Gasteiger partial charge in [0.1, 0.15) is 0 Å². The number of hydrogen-bond donors (Lipinski definition) is 1. The summed E-state index contributed by atoms with van der Waals surface area (Å²) in [5, 5.41) is 9.22. The summed E-state index contributed by atoms with van der Waals surface area (Å²) in [6.45, 7) is 6.33. The second-order valence-electron chi connectivity index (χ2n) is 5.15. The molecular weight excluding hydrogens is 232 g/mol. The third kappa shape index (κ3) is 5.78. The number of carboxylic acid groups (broad SMARTS) is 1. The van der Waals surface area contributed by atoms with Gasteiger partial charge in [0.25, 0.3) is 0 Å². The van der Waals surface area contributed by atoms with Gasteiger partial charge in [-0.15, -0.1) is 0 Å². The lowest BCUT2D eigenvalue weighted by molar-refractivity contribution is -0.140. The summed E-state index contributed by atoms with van der Waals surface area (Å²) in [6.07, 6.45) is 0.610. The number of carbonyl (C=O) groups is 1. The Hall–Kier alpha value is -0.960. The third-order valence-corrected chi connectivity index (χ3v) is 3.83. The van der Waals surface area contributed by atoms with Crippen molar-refractivity contribution in [2.45, 2.75) is 31.9 Å². The molecule has 0 heterocycles. The first-order valence-corrected chi connectivity index (χ1v) is 6.78.